The number of fused-ring (bicyclic) bond motifs is 1. The highest BCUT2D eigenvalue weighted by molar-refractivity contribution is 8.00. The lowest BCUT2D eigenvalue weighted by atomic mass is 9.77. The Balaban J connectivity index is 0.908. The highest BCUT2D eigenvalue weighted by Crippen LogP contribution is 2.44. The van der Waals surface area contributed by atoms with Crippen LogP contribution in [0.4, 0.5) is 5.13 Å². The van der Waals surface area contributed by atoms with Crippen molar-refractivity contribution in [3.63, 3.8) is 0 Å². The van der Waals surface area contributed by atoms with Crippen LogP contribution in [0.25, 0.3) is 0 Å². The number of methoxy groups -OCH3 is 1. The van der Waals surface area contributed by atoms with E-state index in [9.17, 15) is 14.4 Å². The number of thioether (sulfide) groups is 1. The highest BCUT2D eigenvalue weighted by Gasteiger charge is 2.55. The molecule has 2 N–H and O–H groups in total. The first-order valence-electron chi connectivity index (χ1n) is 28.3. The molecule has 15 nitrogen and oxygen atoms in total. The summed E-state index contributed by atoms with van der Waals surface area (Å²) in [6, 6.07) is 71.3. The number of carbonyl (C=O) groups is 4. The third-order valence-electron chi connectivity index (χ3n) is 14.8. The zero-order valence-corrected chi connectivity index (χ0v) is 50.1. The van der Waals surface area contributed by atoms with Gasteiger partial charge in [0.05, 0.1) is 13.2 Å². The van der Waals surface area contributed by atoms with E-state index >= 15 is 4.79 Å². The number of alkyl halides is 1. The summed E-state index contributed by atoms with van der Waals surface area (Å²) >= 11 is 9.12. The molecule has 88 heavy (non-hydrogen) atoms. The molecule has 1 aromatic heterocycles. The van der Waals surface area contributed by atoms with Gasteiger partial charge in [-0.3, -0.25) is 14.5 Å². The maximum Gasteiger partial charge on any atom is 0.356 e. The van der Waals surface area contributed by atoms with Gasteiger partial charge in [-0.05, 0) is 62.2 Å². The van der Waals surface area contributed by atoms with Crippen molar-refractivity contribution < 1.29 is 47.7 Å². The second-order valence-electron chi connectivity index (χ2n) is 20.4. The Hall–Kier alpha value is -9.36. The van der Waals surface area contributed by atoms with Crippen molar-refractivity contribution in [2.24, 2.45) is 5.16 Å². The van der Waals surface area contributed by atoms with Crippen molar-refractivity contribution in [3.8, 4) is 5.75 Å². The molecule has 2 amide bonds. The van der Waals surface area contributed by atoms with Crippen molar-refractivity contribution in [3.05, 3.63) is 303 Å². The van der Waals surface area contributed by atoms with Gasteiger partial charge < -0.3 is 39.2 Å². The molecule has 0 radical (unpaired) electrons. The number of β-lactam (4-membered cyclic amide) rings is 1. The number of carbonyl (C=O) groups excluding carboxylic acids is 4. The van der Waals surface area contributed by atoms with Crippen LogP contribution in [-0.2, 0) is 50.3 Å². The van der Waals surface area contributed by atoms with E-state index < -0.39 is 52.9 Å². The third kappa shape index (κ3) is 13.6. The van der Waals surface area contributed by atoms with Crippen LogP contribution in [0.5, 0.6) is 5.75 Å². The number of anilines is 1. The minimum Gasteiger partial charge on any atom is -0.467 e. The van der Waals surface area contributed by atoms with Crippen molar-refractivity contribution in [1.29, 1.82) is 0 Å². The van der Waals surface area contributed by atoms with E-state index in [4.69, 9.17) is 45.1 Å². The number of aromatic nitrogens is 1. The normalized spacial score (nSPS) is 14.8. The number of rotatable bonds is 26. The van der Waals surface area contributed by atoms with Gasteiger partial charge in [0.1, 0.15) is 46.3 Å². The maximum atomic E-state index is 15.1. The summed E-state index contributed by atoms with van der Waals surface area (Å²) in [5, 5.41) is 12.6. The van der Waals surface area contributed by atoms with Crippen LogP contribution in [0.2, 0.25) is 0 Å². The average Bonchev–Trinajstić information content (AvgIpc) is 0.968. The molecule has 444 valence electrons. The van der Waals surface area contributed by atoms with Gasteiger partial charge in [-0.2, -0.15) is 0 Å². The molecule has 8 aromatic carbocycles. The van der Waals surface area contributed by atoms with Crippen LogP contribution < -0.4 is 15.4 Å². The fourth-order valence-corrected chi connectivity index (χ4v) is 12.9. The lowest BCUT2D eigenvalue weighted by Gasteiger charge is -2.49. The van der Waals surface area contributed by atoms with E-state index in [1.54, 1.807) is 30.7 Å². The summed E-state index contributed by atoms with van der Waals surface area (Å²) < 4.78 is 29.3. The van der Waals surface area contributed by atoms with Gasteiger partial charge >= 0.3 is 11.9 Å². The van der Waals surface area contributed by atoms with Gasteiger partial charge in [0.2, 0.25) is 0 Å². The van der Waals surface area contributed by atoms with E-state index in [2.05, 4.69) is 15.8 Å². The van der Waals surface area contributed by atoms with Gasteiger partial charge in [-0.15, -0.1) is 34.7 Å². The predicted molar refractivity (Wildman–Crippen MR) is 340 cm³/mol. The SMILES string of the molecule is COCCOCOc1ccc(CON=C(C(=O)N[C@@H]2C(=O)N3C(C(=O)OC(c4ccccc4)c4ccccc4)=C(CCl)CS[C@H]23)c2csc(NC(c3ccccc3)(c3ccccc3)c3ccccc3)n2)cc1C(=O)OC(c1ccccc1)c1ccccc1. The molecule has 9 aromatic rings. The van der Waals surface area contributed by atoms with E-state index in [1.165, 1.54) is 28.0 Å². The number of hydrogen-bond acceptors (Lipinski definition) is 15. The number of thiazole rings is 1. The monoisotopic (exact) mass is 1230 g/mol. The average molecular weight is 1230 g/mol. The minimum absolute atomic E-state index is 0.0335. The molecule has 1 saturated heterocycles. The number of halogens is 1. The number of nitrogens with one attached hydrogen (secondary N) is 2. The summed E-state index contributed by atoms with van der Waals surface area (Å²) in [7, 11) is 1.56. The Bertz CT molecular complexity index is 3710. The number of hydrogen-bond donors (Lipinski definition) is 2. The summed E-state index contributed by atoms with van der Waals surface area (Å²) in [6.45, 7) is 0.152. The summed E-state index contributed by atoms with van der Waals surface area (Å²) in [5.41, 5.74) is 5.75. The summed E-state index contributed by atoms with van der Waals surface area (Å²) in [6.07, 6.45) is -1.56. The third-order valence-corrected chi connectivity index (χ3v) is 17.2. The molecule has 0 bridgehead atoms. The van der Waals surface area contributed by atoms with Gasteiger partial charge in [0, 0.05) is 24.1 Å². The largest absolute Gasteiger partial charge is 0.467 e. The van der Waals surface area contributed by atoms with Crippen molar-refractivity contribution in [2.75, 3.05) is 44.1 Å². The first-order valence-corrected chi connectivity index (χ1v) is 30.8. The summed E-state index contributed by atoms with van der Waals surface area (Å²) in [5.74, 6) is -2.32. The van der Waals surface area contributed by atoms with E-state index in [1.807, 2.05) is 212 Å². The molecular weight excluding hydrogens is 1170 g/mol. The van der Waals surface area contributed by atoms with Crippen LogP contribution in [-0.4, -0.2) is 89.5 Å². The molecule has 0 aliphatic carbocycles. The number of oxime groups is 1. The smallest absolute Gasteiger partial charge is 0.356 e. The van der Waals surface area contributed by atoms with Gasteiger partial charge in [0.25, 0.3) is 11.8 Å². The number of benzene rings is 8. The van der Waals surface area contributed by atoms with Gasteiger partial charge in [0.15, 0.2) is 29.8 Å². The molecular formula is C70H60ClN5O10S2. The van der Waals surface area contributed by atoms with Crippen molar-refractivity contribution in [1.82, 2.24) is 15.2 Å². The molecule has 0 saturated carbocycles. The Morgan fingerprint density at radius 3 is 1.67 bits per heavy atom. The first kappa shape index (κ1) is 60.3. The number of esters is 2. The minimum atomic E-state index is -1.12. The van der Waals surface area contributed by atoms with E-state index in [-0.39, 0.29) is 60.1 Å². The van der Waals surface area contributed by atoms with Crippen molar-refractivity contribution >= 4 is 69.3 Å². The van der Waals surface area contributed by atoms with E-state index in [0.29, 0.717) is 22.9 Å². The molecule has 0 unspecified atom stereocenters. The molecule has 2 aliphatic rings. The molecule has 0 spiro atoms. The van der Waals surface area contributed by atoms with Crippen LogP contribution in [0.1, 0.15) is 72.8 Å². The number of nitrogens with zero attached hydrogens (tertiary/aromatic N) is 3. The predicted octanol–water partition coefficient (Wildman–Crippen LogP) is 12.6. The Labute approximate surface area is 522 Å². The van der Waals surface area contributed by atoms with Gasteiger partial charge in [-0.25, -0.2) is 14.6 Å². The standard InChI is InChI=1S/C70H60ClN5O10S2/c1-81-39-40-82-46-83-58-38-37-47(41-56(58)67(79)85-62(48-23-9-2-10-24-48)49-25-11-3-12-26-49)43-84-75-59(57-45-88-69(72-57)74-70(53-31-17-6-18-32-53,54-33-19-7-20-34-54)55-35-21-8-22-36-55)64(77)73-60-65(78)76-61(52(42-71)44-87-66(60)76)68(80)86-63(50-27-13-4-14-28-50)51-29-15-5-16-30-51/h2-38,41,45,60,62-63,66H,39-40,42-44,46H2,1H3,(H,72,74)(H,73,77)/t60-,66-/m1/s1. The fraction of sp³-hybridized carbons (Fsp3) is 0.171. The Morgan fingerprint density at radius 1 is 0.670 bits per heavy atom. The quantitative estimate of drug-likeness (QED) is 0.00766. The van der Waals surface area contributed by atoms with Crippen LogP contribution in [0, 0.1) is 0 Å². The molecule has 2 atom stereocenters. The van der Waals surface area contributed by atoms with Crippen LogP contribution >= 0.6 is 34.7 Å². The molecule has 2 aliphatic heterocycles. The molecule has 1 fully saturated rings. The lowest BCUT2D eigenvalue weighted by molar-refractivity contribution is -0.154. The fourth-order valence-electron chi connectivity index (χ4n) is 10.5. The topological polar surface area (TPSA) is 176 Å². The molecule has 3 heterocycles. The highest BCUT2D eigenvalue weighted by atomic mass is 35.5. The lowest BCUT2D eigenvalue weighted by Crippen LogP contribution is -2.71. The molecule has 11 rings (SSSR count). The van der Waals surface area contributed by atoms with E-state index in [0.717, 1.165) is 38.9 Å². The Morgan fingerprint density at radius 2 is 1.17 bits per heavy atom. The number of ether oxygens (including phenoxy) is 5. The van der Waals surface area contributed by atoms with Crippen LogP contribution in [0.3, 0.4) is 0 Å². The number of amides is 2. The summed E-state index contributed by atoms with van der Waals surface area (Å²) in [4.78, 5) is 71.1. The van der Waals surface area contributed by atoms with Gasteiger partial charge in [-0.1, -0.05) is 224 Å². The van der Waals surface area contributed by atoms with Crippen LogP contribution in [0.15, 0.2) is 252 Å². The van der Waals surface area contributed by atoms with Crippen molar-refractivity contribution in [2.45, 2.75) is 35.8 Å². The first-order chi connectivity index (χ1) is 43.2. The second-order valence-corrected chi connectivity index (χ2v) is 22.6. The zero-order chi connectivity index (χ0) is 60.7. The second kappa shape index (κ2) is 28.9. The zero-order valence-electron chi connectivity index (χ0n) is 47.7. The Kier molecular flexibility index (Phi) is 19.8. The maximum absolute atomic E-state index is 15.1. The molecule has 18 heteroatoms.